The van der Waals surface area contributed by atoms with E-state index in [0.29, 0.717) is 12.1 Å². The summed E-state index contributed by atoms with van der Waals surface area (Å²) in [7, 11) is 0.980. The minimum absolute atomic E-state index is 0.462. The summed E-state index contributed by atoms with van der Waals surface area (Å²) in [6.07, 6.45) is 0.462. The molecule has 0 heterocycles. The van der Waals surface area contributed by atoms with Crippen LogP contribution in [0.5, 0.6) is 0 Å². The molecule has 0 saturated carbocycles. The highest BCUT2D eigenvalue weighted by Gasteiger charge is 2.15. The molecule has 0 bridgehead atoms. The summed E-state index contributed by atoms with van der Waals surface area (Å²) in [6, 6.07) is 2.34. The quantitative estimate of drug-likeness (QED) is 0.378. The molecule has 4 nitrogen and oxygen atoms in total. The van der Waals surface area contributed by atoms with E-state index in [1.165, 1.54) is 0 Å². The highest BCUT2D eigenvalue weighted by molar-refractivity contribution is 6.39. The molecule has 0 saturated heterocycles. The Balaban J connectivity index is 3.07. The van der Waals surface area contributed by atoms with Crippen molar-refractivity contribution in [2.45, 2.75) is 0 Å². The lowest BCUT2D eigenvalue weighted by atomic mass is 10.1. The summed E-state index contributed by atoms with van der Waals surface area (Å²) in [5.41, 5.74) is -0.512. The van der Waals surface area contributed by atoms with E-state index in [2.05, 4.69) is 4.74 Å². The summed E-state index contributed by atoms with van der Waals surface area (Å²) in [5, 5.41) is 9.37. The second kappa shape index (κ2) is 5.20. The molecule has 1 aromatic carbocycles. The van der Waals surface area contributed by atoms with Crippen molar-refractivity contribution in [1.29, 1.82) is 0 Å². The molecular formula is C11H8F2O4. The third-order valence-corrected chi connectivity index (χ3v) is 1.86. The standard InChI is InChI=1S/C11H8F2O4/c1-17-11(16)10(15)5-9(14)7-4-6(12)2-3-8(7)13/h2-5,14H,1H3. The van der Waals surface area contributed by atoms with Gasteiger partial charge in [0.05, 0.1) is 12.7 Å². The zero-order valence-electron chi connectivity index (χ0n) is 8.74. The molecule has 6 heteroatoms. The number of carbonyl (C=O) groups excluding carboxylic acids is 2. The second-order valence-corrected chi connectivity index (χ2v) is 3.01. The normalized spacial score (nSPS) is 11.1. The number of benzene rings is 1. The molecule has 0 aliphatic heterocycles. The molecule has 90 valence electrons. The van der Waals surface area contributed by atoms with E-state index in [1.54, 1.807) is 0 Å². The van der Waals surface area contributed by atoms with Gasteiger partial charge in [0.2, 0.25) is 0 Å². The number of halogens is 2. The fourth-order valence-electron chi connectivity index (χ4n) is 1.06. The van der Waals surface area contributed by atoms with Gasteiger partial charge in [0.25, 0.3) is 5.78 Å². The zero-order valence-corrected chi connectivity index (χ0v) is 8.74. The van der Waals surface area contributed by atoms with Crippen LogP contribution >= 0.6 is 0 Å². The van der Waals surface area contributed by atoms with Crippen LogP contribution in [0.2, 0.25) is 0 Å². The number of rotatable bonds is 3. The van der Waals surface area contributed by atoms with E-state index in [1.807, 2.05) is 0 Å². The number of esters is 1. The first kappa shape index (κ1) is 12.8. The predicted octanol–water partition coefficient (Wildman–Crippen LogP) is 1.61. The minimum atomic E-state index is -1.21. The maximum Gasteiger partial charge on any atom is 0.378 e. The number of hydrogen-bond donors (Lipinski definition) is 1. The maximum atomic E-state index is 13.2. The van der Waals surface area contributed by atoms with E-state index in [0.717, 1.165) is 19.2 Å². The first-order valence-electron chi connectivity index (χ1n) is 4.44. The monoisotopic (exact) mass is 242 g/mol. The number of methoxy groups -OCH3 is 1. The van der Waals surface area contributed by atoms with Crippen molar-refractivity contribution in [2.24, 2.45) is 0 Å². The topological polar surface area (TPSA) is 63.6 Å². The van der Waals surface area contributed by atoms with E-state index in [4.69, 9.17) is 0 Å². The van der Waals surface area contributed by atoms with Crippen LogP contribution in [-0.2, 0) is 14.3 Å². The van der Waals surface area contributed by atoms with E-state index < -0.39 is 34.7 Å². The van der Waals surface area contributed by atoms with Gasteiger partial charge < -0.3 is 9.84 Å². The van der Waals surface area contributed by atoms with Crippen molar-refractivity contribution in [3.63, 3.8) is 0 Å². The van der Waals surface area contributed by atoms with E-state index in [-0.39, 0.29) is 0 Å². The molecule has 0 fully saturated rings. The Kier molecular flexibility index (Phi) is 3.92. The Morgan fingerprint density at radius 3 is 2.59 bits per heavy atom. The van der Waals surface area contributed by atoms with Gasteiger partial charge in [-0.2, -0.15) is 0 Å². The van der Waals surface area contributed by atoms with E-state index >= 15 is 0 Å². The van der Waals surface area contributed by atoms with Gasteiger partial charge in [-0.05, 0) is 18.2 Å². The summed E-state index contributed by atoms with van der Waals surface area (Å²) in [4.78, 5) is 21.8. The predicted molar refractivity (Wildman–Crippen MR) is 54.0 cm³/mol. The molecule has 0 unspecified atom stereocenters. The Labute approximate surface area is 95.1 Å². The first-order valence-corrected chi connectivity index (χ1v) is 4.44. The fraction of sp³-hybridized carbons (Fsp3) is 0.0909. The van der Waals surface area contributed by atoms with Gasteiger partial charge in [-0.1, -0.05) is 0 Å². The van der Waals surface area contributed by atoms with Crippen LogP contribution in [0, 0.1) is 11.6 Å². The third kappa shape index (κ3) is 3.10. The average Bonchev–Trinajstić information content (AvgIpc) is 2.30. The molecule has 0 aliphatic rings. The number of aliphatic hydroxyl groups is 1. The molecule has 17 heavy (non-hydrogen) atoms. The average molecular weight is 242 g/mol. The lowest BCUT2D eigenvalue weighted by molar-refractivity contribution is -0.149. The molecule has 0 spiro atoms. The number of hydrogen-bond acceptors (Lipinski definition) is 4. The van der Waals surface area contributed by atoms with Crippen molar-refractivity contribution >= 4 is 17.5 Å². The van der Waals surface area contributed by atoms with Crippen molar-refractivity contribution in [2.75, 3.05) is 7.11 Å². The summed E-state index contributed by atoms with van der Waals surface area (Å²) in [6.45, 7) is 0. The Hall–Kier alpha value is -2.24. The number of carbonyl (C=O) groups is 2. The van der Waals surface area contributed by atoms with E-state index in [9.17, 15) is 23.5 Å². The van der Waals surface area contributed by atoms with Gasteiger partial charge in [0.1, 0.15) is 17.4 Å². The number of aliphatic hydroxyl groups excluding tert-OH is 1. The fourth-order valence-corrected chi connectivity index (χ4v) is 1.06. The summed E-state index contributed by atoms with van der Waals surface area (Å²) < 4.78 is 30.0. The van der Waals surface area contributed by atoms with Crippen molar-refractivity contribution in [1.82, 2.24) is 0 Å². The van der Waals surface area contributed by atoms with Gasteiger partial charge in [-0.15, -0.1) is 0 Å². The van der Waals surface area contributed by atoms with Crippen molar-refractivity contribution < 1.29 is 28.2 Å². The van der Waals surface area contributed by atoms with Crippen LogP contribution in [-0.4, -0.2) is 24.0 Å². The van der Waals surface area contributed by atoms with Gasteiger partial charge >= 0.3 is 5.97 Å². The van der Waals surface area contributed by atoms with Crippen LogP contribution in [0.3, 0.4) is 0 Å². The molecule has 0 amide bonds. The Bertz CT molecular complexity index is 494. The second-order valence-electron chi connectivity index (χ2n) is 3.01. The van der Waals surface area contributed by atoms with Crippen LogP contribution in [0.15, 0.2) is 24.3 Å². The van der Waals surface area contributed by atoms with Gasteiger partial charge in [0.15, 0.2) is 0 Å². The molecule has 1 aromatic rings. The van der Waals surface area contributed by atoms with Crippen molar-refractivity contribution in [3.8, 4) is 0 Å². The molecule has 1 N–H and O–H groups in total. The molecule has 0 aliphatic carbocycles. The number of ether oxygens (including phenoxy) is 1. The molecule has 0 aromatic heterocycles. The Morgan fingerprint density at radius 1 is 1.35 bits per heavy atom. The summed E-state index contributed by atoms with van der Waals surface area (Å²) >= 11 is 0. The van der Waals surface area contributed by atoms with Crippen LogP contribution < -0.4 is 0 Å². The largest absolute Gasteiger partial charge is 0.507 e. The van der Waals surface area contributed by atoms with Crippen molar-refractivity contribution in [3.05, 3.63) is 41.5 Å². The minimum Gasteiger partial charge on any atom is -0.507 e. The maximum absolute atomic E-state index is 13.2. The number of ketones is 1. The highest BCUT2D eigenvalue weighted by Crippen LogP contribution is 2.17. The highest BCUT2D eigenvalue weighted by atomic mass is 19.1. The SMILES string of the molecule is COC(=O)C(=O)C=C(O)c1cc(F)ccc1F. The first-order chi connectivity index (χ1) is 7.95. The van der Waals surface area contributed by atoms with Gasteiger partial charge in [-0.3, -0.25) is 4.79 Å². The lowest BCUT2D eigenvalue weighted by Crippen LogP contribution is -2.13. The molecule has 0 radical (unpaired) electrons. The zero-order chi connectivity index (χ0) is 13.0. The third-order valence-electron chi connectivity index (χ3n) is 1.86. The smallest absolute Gasteiger partial charge is 0.378 e. The molecule has 1 rings (SSSR count). The lowest BCUT2D eigenvalue weighted by Gasteiger charge is -2.02. The Morgan fingerprint density at radius 2 is 2.00 bits per heavy atom. The van der Waals surface area contributed by atoms with Gasteiger partial charge in [0, 0.05) is 6.08 Å². The van der Waals surface area contributed by atoms with Crippen LogP contribution in [0.25, 0.3) is 5.76 Å². The summed E-state index contributed by atoms with van der Waals surface area (Å²) in [5.74, 6) is -4.94. The molecular weight excluding hydrogens is 234 g/mol. The van der Waals surface area contributed by atoms with Gasteiger partial charge in [-0.25, -0.2) is 13.6 Å². The van der Waals surface area contributed by atoms with Crippen LogP contribution in [0.4, 0.5) is 8.78 Å². The van der Waals surface area contributed by atoms with Crippen LogP contribution in [0.1, 0.15) is 5.56 Å². The molecule has 0 atom stereocenters.